The Morgan fingerprint density at radius 3 is 2.78 bits per heavy atom. The summed E-state index contributed by atoms with van der Waals surface area (Å²) >= 11 is 5.33. The van der Waals surface area contributed by atoms with Crippen molar-refractivity contribution >= 4 is 18.2 Å². The molecule has 0 radical (unpaired) electrons. The first-order valence-corrected chi connectivity index (χ1v) is 6.30. The highest BCUT2D eigenvalue weighted by atomic mass is 32.1. The second kappa shape index (κ2) is 5.27. The molecule has 1 heterocycles. The molecule has 2 aromatic rings. The van der Waals surface area contributed by atoms with Crippen LogP contribution in [-0.2, 0) is 6.42 Å². The van der Waals surface area contributed by atoms with Crippen LogP contribution in [0.2, 0.25) is 0 Å². The Kier molecular flexibility index (Phi) is 3.72. The quantitative estimate of drug-likeness (QED) is 0.862. The third-order valence-corrected chi connectivity index (χ3v) is 3.16. The number of hydrogen-bond acceptors (Lipinski definition) is 4. The van der Waals surface area contributed by atoms with E-state index in [-0.39, 0.29) is 0 Å². The van der Waals surface area contributed by atoms with Gasteiger partial charge in [0.15, 0.2) is 0 Å². The Bertz CT molecular complexity index is 619. The van der Waals surface area contributed by atoms with Gasteiger partial charge in [0.1, 0.15) is 6.33 Å². The van der Waals surface area contributed by atoms with Crippen LogP contribution in [0.5, 0.6) is 0 Å². The Labute approximate surface area is 112 Å². The topological polar surface area (TPSA) is 42.7 Å². The molecule has 0 saturated heterocycles. The molecule has 1 N–H and O–H groups in total. The molecule has 0 unspecified atom stereocenters. The van der Waals surface area contributed by atoms with E-state index < -0.39 is 0 Å². The minimum Gasteiger partial charge on any atom is -0.357 e. The molecule has 0 spiro atoms. The normalized spacial score (nSPS) is 10.4. The largest absolute Gasteiger partial charge is 0.357 e. The molecule has 0 bridgehead atoms. The molecular formula is C13H16N4S. The highest BCUT2D eigenvalue weighted by Gasteiger charge is 2.08. The lowest BCUT2D eigenvalue weighted by Gasteiger charge is -2.14. The molecule has 5 heteroatoms. The average Bonchev–Trinajstić information content (AvgIpc) is 2.39. The summed E-state index contributed by atoms with van der Waals surface area (Å²) in [5, 5.41) is 2.89. The highest BCUT2D eigenvalue weighted by molar-refractivity contribution is 7.71. The number of hydrogen-bond donors (Lipinski definition) is 1. The van der Waals surface area contributed by atoms with E-state index in [1.54, 1.807) is 13.4 Å². The Morgan fingerprint density at radius 1 is 1.39 bits per heavy atom. The number of anilines is 1. The highest BCUT2D eigenvalue weighted by Crippen LogP contribution is 2.20. The van der Waals surface area contributed by atoms with Crippen molar-refractivity contribution in [2.75, 3.05) is 12.4 Å². The first-order valence-electron chi connectivity index (χ1n) is 5.89. The average molecular weight is 260 g/mol. The number of benzene rings is 1. The van der Waals surface area contributed by atoms with Crippen LogP contribution >= 0.6 is 12.2 Å². The third kappa shape index (κ3) is 2.26. The van der Waals surface area contributed by atoms with E-state index in [4.69, 9.17) is 12.2 Å². The maximum atomic E-state index is 5.33. The lowest BCUT2D eigenvalue weighted by molar-refractivity contribution is 0.875. The predicted octanol–water partition coefficient (Wildman–Crippen LogP) is 2.91. The van der Waals surface area contributed by atoms with Crippen molar-refractivity contribution in [3.63, 3.8) is 0 Å². The zero-order chi connectivity index (χ0) is 13.1. The summed E-state index contributed by atoms with van der Waals surface area (Å²) in [7, 11) is 1.78. The molecule has 0 atom stereocenters. The fourth-order valence-electron chi connectivity index (χ4n) is 1.96. The summed E-state index contributed by atoms with van der Waals surface area (Å²) in [6.45, 7) is 4.20. The maximum absolute atomic E-state index is 5.33. The molecule has 1 aromatic carbocycles. The van der Waals surface area contributed by atoms with Crippen LogP contribution in [-0.4, -0.2) is 21.6 Å². The van der Waals surface area contributed by atoms with Gasteiger partial charge in [0, 0.05) is 7.05 Å². The summed E-state index contributed by atoms with van der Waals surface area (Å²) in [6, 6.07) is 6.24. The van der Waals surface area contributed by atoms with Crippen molar-refractivity contribution in [1.82, 2.24) is 14.5 Å². The van der Waals surface area contributed by atoms with Crippen molar-refractivity contribution < 1.29 is 0 Å². The van der Waals surface area contributed by atoms with Gasteiger partial charge in [-0.15, -0.1) is 0 Å². The van der Waals surface area contributed by atoms with Gasteiger partial charge < -0.3 is 5.32 Å². The van der Waals surface area contributed by atoms with Gasteiger partial charge in [0.05, 0.1) is 5.69 Å². The van der Waals surface area contributed by atoms with Crippen LogP contribution in [0.4, 0.5) is 5.95 Å². The maximum Gasteiger partial charge on any atom is 0.226 e. The van der Waals surface area contributed by atoms with Gasteiger partial charge in [0.2, 0.25) is 10.7 Å². The van der Waals surface area contributed by atoms with E-state index in [2.05, 4.69) is 47.3 Å². The molecule has 0 aliphatic carbocycles. The van der Waals surface area contributed by atoms with E-state index in [0.717, 1.165) is 12.1 Å². The number of nitrogens with zero attached hydrogens (tertiary/aromatic N) is 3. The first kappa shape index (κ1) is 12.7. The van der Waals surface area contributed by atoms with E-state index in [9.17, 15) is 0 Å². The first-order chi connectivity index (χ1) is 8.67. The number of aryl methyl sites for hydroxylation is 2. The van der Waals surface area contributed by atoms with Gasteiger partial charge in [-0.25, -0.2) is 4.98 Å². The lowest BCUT2D eigenvalue weighted by atomic mass is 10.1. The molecule has 18 heavy (non-hydrogen) atoms. The van der Waals surface area contributed by atoms with Gasteiger partial charge >= 0.3 is 0 Å². The molecule has 2 rings (SSSR count). The van der Waals surface area contributed by atoms with Crippen LogP contribution < -0.4 is 5.32 Å². The van der Waals surface area contributed by atoms with Gasteiger partial charge in [-0.2, -0.15) is 4.98 Å². The molecular weight excluding hydrogens is 244 g/mol. The number of para-hydroxylation sites is 1. The van der Waals surface area contributed by atoms with Crippen molar-refractivity contribution in [1.29, 1.82) is 0 Å². The van der Waals surface area contributed by atoms with Crippen LogP contribution in [0.1, 0.15) is 18.1 Å². The zero-order valence-electron chi connectivity index (χ0n) is 10.8. The second-order valence-electron chi connectivity index (χ2n) is 4.02. The summed E-state index contributed by atoms with van der Waals surface area (Å²) in [4.78, 5) is 8.47. The molecule has 0 aliphatic heterocycles. The van der Waals surface area contributed by atoms with E-state index in [1.807, 2.05) is 4.57 Å². The van der Waals surface area contributed by atoms with Crippen molar-refractivity contribution in [2.24, 2.45) is 0 Å². The standard InChI is InChI=1S/C13H16N4S/c1-4-10-7-5-6-9(2)11(10)17-8-15-12(14-3)16-13(17)18/h5-8H,4H2,1-3H3,(H,14,16,18). The lowest BCUT2D eigenvalue weighted by Crippen LogP contribution is -2.08. The second-order valence-corrected chi connectivity index (χ2v) is 4.38. The van der Waals surface area contributed by atoms with Crippen LogP contribution in [0.25, 0.3) is 5.69 Å². The molecule has 1 aromatic heterocycles. The zero-order valence-corrected chi connectivity index (χ0v) is 11.6. The van der Waals surface area contributed by atoms with E-state index in [1.165, 1.54) is 11.1 Å². The van der Waals surface area contributed by atoms with Crippen LogP contribution in [0, 0.1) is 11.7 Å². The third-order valence-electron chi connectivity index (χ3n) is 2.87. The van der Waals surface area contributed by atoms with Gasteiger partial charge in [-0.05, 0) is 36.7 Å². The summed E-state index contributed by atoms with van der Waals surface area (Å²) in [5.41, 5.74) is 3.51. The van der Waals surface area contributed by atoms with Gasteiger partial charge in [-0.1, -0.05) is 25.1 Å². The van der Waals surface area contributed by atoms with Crippen LogP contribution in [0.3, 0.4) is 0 Å². The van der Waals surface area contributed by atoms with Crippen LogP contribution in [0.15, 0.2) is 24.5 Å². The molecule has 4 nitrogen and oxygen atoms in total. The number of aromatic nitrogens is 3. The van der Waals surface area contributed by atoms with E-state index >= 15 is 0 Å². The Balaban J connectivity index is 2.66. The minimum atomic E-state index is 0.512. The Hall–Kier alpha value is -1.75. The number of rotatable bonds is 3. The fourth-order valence-corrected chi connectivity index (χ4v) is 2.18. The summed E-state index contributed by atoms with van der Waals surface area (Å²) < 4.78 is 2.38. The van der Waals surface area contributed by atoms with Gasteiger partial charge in [-0.3, -0.25) is 4.57 Å². The van der Waals surface area contributed by atoms with Crippen molar-refractivity contribution in [3.8, 4) is 5.69 Å². The molecule has 0 saturated carbocycles. The molecule has 94 valence electrons. The SMILES string of the molecule is CCc1cccc(C)c1-n1cnc(NC)nc1=S. The molecule has 0 fully saturated rings. The summed E-state index contributed by atoms with van der Waals surface area (Å²) in [5.74, 6) is 0.544. The molecule has 0 amide bonds. The van der Waals surface area contributed by atoms with E-state index in [0.29, 0.717) is 10.7 Å². The van der Waals surface area contributed by atoms with Crippen molar-refractivity contribution in [2.45, 2.75) is 20.3 Å². The smallest absolute Gasteiger partial charge is 0.226 e. The predicted molar refractivity (Wildman–Crippen MR) is 75.9 cm³/mol. The fraction of sp³-hybridized carbons (Fsp3) is 0.308. The Morgan fingerprint density at radius 2 is 2.17 bits per heavy atom. The summed E-state index contributed by atoms with van der Waals surface area (Å²) in [6.07, 6.45) is 2.68. The molecule has 0 aliphatic rings. The number of nitrogens with one attached hydrogen (secondary N) is 1. The van der Waals surface area contributed by atoms with Crippen molar-refractivity contribution in [3.05, 3.63) is 40.4 Å². The monoisotopic (exact) mass is 260 g/mol. The minimum absolute atomic E-state index is 0.512. The van der Waals surface area contributed by atoms with Gasteiger partial charge in [0.25, 0.3) is 0 Å².